The van der Waals surface area contributed by atoms with Crippen LogP contribution in [0.1, 0.15) is 0 Å². The van der Waals surface area contributed by atoms with Crippen molar-refractivity contribution in [1.82, 2.24) is 16.0 Å². The molecule has 3 N–H and O–H groups in total. The van der Waals surface area contributed by atoms with Gasteiger partial charge in [0.05, 0.1) is 6.04 Å². The average Bonchev–Trinajstić information content (AvgIpc) is 2.53. The zero-order valence-corrected chi connectivity index (χ0v) is 7.55. The molecule has 0 aromatic heterocycles. The Kier molecular flexibility index (Phi) is 1.60. The molecule has 3 aliphatic rings. The van der Waals surface area contributed by atoms with Crippen molar-refractivity contribution < 1.29 is 4.79 Å². The predicted molar refractivity (Wildman–Crippen MR) is 48.1 cm³/mol. The van der Waals surface area contributed by atoms with Crippen molar-refractivity contribution in [3.05, 3.63) is 0 Å². The molecule has 0 bridgehead atoms. The summed E-state index contributed by atoms with van der Waals surface area (Å²) in [5.74, 6) is 1.92. The molecule has 1 aliphatic carbocycles. The van der Waals surface area contributed by atoms with E-state index in [1.54, 1.807) is 0 Å². The van der Waals surface area contributed by atoms with Crippen molar-refractivity contribution in [2.75, 3.05) is 26.2 Å². The summed E-state index contributed by atoms with van der Waals surface area (Å²) in [6, 6.07) is 0.404. The first kappa shape index (κ1) is 7.76. The van der Waals surface area contributed by atoms with E-state index in [4.69, 9.17) is 0 Å². The van der Waals surface area contributed by atoms with Crippen molar-refractivity contribution in [3.63, 3.8) is 0 Å². The minimum absolute atomic E-state index is 0.294. The van der Waals surface area contributed by atoms with E-state index in [1.165, 1.54) is 0 Å². The van der Waals surface area contributed by atoms with Gasteiger partial charge in [-0.3, -0.25) is 4.79 Å². The van der Waals surface area contributed by atoms with Gasteiger partial charge >= 0.3 is 0 Å². The highest BCUT2D eigenvalue weighted by molar-refractivity contribution is 5.83. The first-order chi connectivity index (χ1) is 6.36. The summed E-state index contributed by atoms with van der Waals surface area (Å²) < 4.78 is 0. The van der Waals surface area contributed by atoms with Gasteiger partial charge in [0.25, 0.3) is 0 Å². The van der Waals surface area contributed by atoms with Gasteiger partial charge in [-0.2, -0.15) is 0 Å². The van der Waals surface area contributed by atoms with E-state index in [-0.39, 0.29) is 0 Å². The molecule has 1 amide bonds. The maximum atomic E-state index is 11.7. The van der Waals surface area contributed by atoms with Gasteiger partial charge in [-0.25, -0.2) is 0 Å². The van der Waals surface area contributed by atoms with Crippen molar-refractivity contribution in [1.29, 1.82) is 0 Å². The first-order valence-corrected chi connectivity index (χ1v) is 5.08. The summed E-state index contributed by atoms with van der Waals surface area (Å²) in [6.07, 6.45) is 0. The molecule has 0 aromatic rings. The Hall–Kier alpha value is -0.610. The molecule has 4 heteroatoms. The summed E-state index contributed by atoms with van der Waals surface area (Å²) in [7, 11) is 0. The van der Waals surface area contributed by atoms with Gasteiger partial charge in [-0.15, -0.1) is 0 Å². The first-order valence-electron chi connectivity index (χ1n) is 5.08. The Morgan fingerprint density at radius 1 is 1.08 bits per heavy atom. The number of carbonyl (C=O) groups is 1. The molecular formula is C9H15N3O. The standard InChI is InChI=1S/C9H15N3O/c13-9(12-5-1-10-2-5)8-6-3-11-4-7(6)8/h5-8,10-11H,1-4H2,(H,12,13)/t6-,7+,8?. The Balaban J connectivity index is 1.52. The largest absolute Gasteiger partial charge is 0.351 e. The lowest BCUT2D eigenvalue weighted by molar-refractivity contribution is -0.124. The van der Waals surface area contributed by atoms with E-state index >= 15 is 0 Å². The Bertz CT molecular complexity index is 229. The van der Waals surface area contributed by atoms with E-state index in [1.807, 2.05) is 0 Å². The Morgan fingerprint density at radius 2 is 1.69 bits per heavy atom. The smallest absolute Gasteiger partial charge is 0.224 e. The molecule has 0 radical (unpaired) electrons. The molecule has 2 heterocycles. The highest BCUT2D eigenvalue weighted by Gasteiger charge is 2.57. The monoisotopic (exact) mass is 181 g/mol. The van der Waals surface area contributed by atoms with Gasteiger partial charge in [-0.1, -0.05) is 0 Å². The predicted octanol–water partition coefficient (Wildman–Crippen LogP) is -1.46. The van der Waals surface area contributed by atoms with Gasteiger partial charge in [0, 0.05) is 19.0 Å². The van der Waals surface area contributed by atoms with Crippen LogP contribution < -0.4 is 16.0 Å². The summed E-state index contributed by atoms with van der Waals surface area (Å²) in [5.41, 5.74) is 0. The molecule has 3 atom stereocenters. The van der Waals surface area contributed by atoms with Crippen LogP contribution in [0, 0.1) is 17.8 Å². The molecule has 1 saturated carbocycles. The number of rotatable bonds is 2. The van der Waals surface area contributed by atoms with Gasteiger partial charge in [-0.05, 0) is 24.9 Å². The third-order valence-corrected chi connectivity index (χ3v) is 3.52. The third kappa shape index (κ3) is 1.16. The zero-order chi connectivity index (χ0) is 8.84. The number of piperidine rings is 1. The summed E-state index contributed by atoms with van der Waals surface area (Å²) in [4.78, 5) is 11.7. The third-order valence-electron chi connectivity index (χ3n) is 3.52. The second-order valence-electron chi connectivity index (χ2n) is 4.38. The van der Waals surface area contributed by atoms with Crippen LogP contribution in [0.25, 0.3) is 0 Å². The van der Waals surface area contributed by atoms with Crippen molar-refractivity contribution >= 4 is 5.91 Å². The van der Waals surface area contributed by atoms with Crippen LogP contribution in [0.3, 0.4) is 0 Å². The minimum atomic E-state index is 0.294. The van der Waals surface area contributed by atoms with Gasteiger partial charge in [0.2, 0.25) is 5.91 Å². The highest BCUT2D eigenvalue weighted by atomic mass is 16.2. The summed E-state index contributed by atoms with van der Waals surface area (Å²) in [6.45, 7) is 4.00. The molecule has 2 aliphatic heterocycles. The quantitative estimate of drug-likeness (QED) is 0.488. The van der Waals surface area contributed by atoms with Crippen LogP contribution in [0.5, 0.6) is 0 Å². The van der Waals surface area contributed by atoms with Crippen molar-refractivity contribution in [2.24, 2.45) is 17.8 Å². The number of fused-ring (bicyclic) bond motifs is 1. The lowest BCUT2D eigenvalue weighted by Crippen LogP contribution is -2.57. The number of carbonyl (C=O) groups excluding carboxylic acids is 1. The lowest BCUT2D eigenvalue weighted by atomic mass is 10.1. The van der Waals surface area contributed by atoms with E-state index in [2.05, 4.69) is 16.0 Å². The number of hydrogen-bond acceptors (Lipinski definition) is 3. The molecule has 0 aromatic carbocycles. The average molecular weight is 181 g/mol. The number of amides is 1. The molecule has 0 spiro atoms. The topological polar surface area (TPSA) is 53.2 Å². The van der Waals surface area contributed by atoms with Crippen LogP contribution in [0.2, 0.25) is 0 Å². The SMILES string of the molecule is O=C(NC1CNC1)C1[C@H]2CNC[C@@H]12. The Morgan fingerprint density at radius 3 is 2.23 bits per heavy atom. The second-order valence-corrected chi connectivity index (χ2v) is 4.38. The van der Waals surface area contributed by atoms with Crippen molar-refractivity contribution in [3.8, 4) is 0 Å². The molecule has 1 unspecified atom stereocenters. The molecule has 4 nitrogen and oxygen atoms in total. The van der Waals surface area contributed by atoms with Crippen LogP contribution in [-0.2, 0) is 4.79 Å². The van der Waals surface area contributed by atoms with Gasteiger partial charge < -0.3 is 16.0 Å². The van der Waals surface area contributed by atoms with Crippen molar-refractivity contribution in [2.45, 2.75) is 6.04 Å². The fourth-order valence-electron chi connectivity index (χ4n) is 2.50. The summed E-state index contributed by atoms with van der Waals surface area (Å²) in [5, 5.41) is 9.52. The van der Waals surface area contributed by atoms with Gasteiger partial charge in [0.15, 0.2) is 0 Å². The normalized spacial score (nSPS) is 42.3. The minimum Gasteiger partial charge on any atom is -0.351 e. The van der Waals surface area contributed by atoms with Gasteiger partial charge in [0.1, 0.15) is 0 Å². The maximum absolute atomic E-state index is 11.7. The highest BCUT2D eigenvalue weighted by Crippen LogP contribution is 2.48. The van der Waals surface area contributed by atoms with Crippen LogP contribution in [0.4, 0.5) is 0 Å². The molecule has 2 saturated heterocycles. The molecule has 13 heavy (non-hydrogen) atoms. The Labute approximate surface area is 77.5 Å². The molecule has 72 valence electrons. The van der Waals surface area contributed by atoms with E-state index in [0.29, 0.717) is 29.7 Å². The fourth-order valence-corrected chi connectivity index (χ4v) is 2.50. The molecular weight excluding hydrogens is 166 g/mol. The lowest BCUT2D eigenvalue weighted by Gasteiger charge is -2.28. The van der Waals surface area contributed by atoms with Crippen LogP contribution >= 0.6 is 0 Å². The van der Waals surface area contributed by atoms with E-state index in [9.17, 15) is 4.79 Å². The fraction of sp³-hybridized carbons (Fsp3) is 0.889. The number of hydrogen-bond donors (Lipinski definition) is 3. The van der Waals surface area contributed by atoms with Crippen LogP contribution in [-0.4, -0.2) is 38.1 Å². The molecule has 3 rings (SSSR count). The second kappa shape index (κ2) is 2.69. The van der Waals surface area contributed by atoms with Crippen LogP contribution in [0.15, 0.2) is 0 Å². The molecule has 3 fully saturated rings. The van der Waals surface area contributed by atoms with E-state index in [0.717, 1.165) is 26.2 Å². The zero-order valence-electron chi connectivity index (χ0n) is 7.55. The number of nitrogens with one attached hydrogen (secondary N) is 3. The summed E-state index contributed by atoms with van der Waals surface area (Å²) >= 11 is 0. The van der Waals surface area contributed by atoms with E-state index < -0.39 is 0 Å². The maximum Gasteiger partial charge on any atom is 0.224 e.